The van der Waals surface area contributed by atoms with Crippen molar-refractivity contribution in [3.63, 3.8) is 0 Å². The number of piperidine rings is 1. The van der Waals surface area contributed by atoms with Crippen molar-refractivity contribution in [2.24, 2.45) is 7.05 Å². The number of hydrogen-bond donors (Lipinski definition) is 2. The number of carbonyl (C=O) groups excluding carboxylic acids is 2. The summed E-state index contributed by atoms with van der Waals surface area (Å²) < 4.78 is 18.7. The molecule has 0 radical (unpaired) electrons. The van der Waals surface area contributed by atoms with Crippen molar-refractivity contribution in [2.45, 2.75) is 18.9 Å². The van der Waals surface area contributed by atoms with E-state index in [-0.39, 0.29) is 31.2 Å². The first-order chi connectivity index (χ1) is 15.5. The Kier molecular flexibility index (Phi) is 8.58. The van der Waals surface area contributed by atoms with Crippen LogP contribution in [-0.2, 0) is 30.8 Å². The lowest BCUT2D eigenvalue weighted by molar-refractivity contribution is -0.135. The first-order valence-electron chi connectivity index (χ1n) is 10.4. The largest absolute Gasteiger partial charge is 0.394 e. The number of ether oxygens (including phenoxy) is 3. The van der Waals surface area contributed by atoms with E-state index >= 15 is 0 Å². The maximum absolute atomic E-state index is 12.8. The highest BCUT2D eigenvalue weighted by Gasteiger charge is 2.31. The number of hydrogen-bond acceptors (Lipinski definition) is 7. The lowest BCUT2D eigenvalue weighted by Crippen LogP contribution is -2.44. The zero-order valence-corrected chi connectivity index (χ0v) is 18.0. The van der Waals surface area contributed by atoms with Gasteiger partial charge < -0.3 is 19.3 Å². The number of rotatable bonds is 10. The summed E-state index contributed by atoms with van der Waals surface area (Å²) in [6.07, 6.45) is 0.493. The maximum atomic E-state index is 12.8. The Morgan fingerprint density at radius 2 is 1.78 bits per heavy atom. The number of aliphatic hydroxyl groups is 1. The first kappa shape index (κ1) is 23.7. The Balaban J connectivity index is 1.57. The molecule has 1 aliphatic heterocycles. The molecule has 1 unspecified atom stereocenters. The predicted molar refractivity (Wildman–Crippen MR) is 115 cm³/mol. The van der Waals surface area contributed by atoms with Crippen LogP contribution in [0.2, 0.25) is 0 Å². The summed E-state index contributed by atoms with van der Waals surface area (Å²) in [5.74, 6) is 5.15. The van der Waals surface area contributed by atoms with Crippen LogP contribution in [0.15, 0.2) is 23.0 Å². The number of aliphatic hydroxyl groups excluding tert-OH is 1. The van der Waals surface area contributed by atoms with E-state index in [1.54, 1.807) is 25.2 Å². The summed E-state index contributed by atoms with van der Waals surface area (Å²) in [5.41, 5.74) is 1.68. The van der Waals surface area contributed by atoms with E-state index in [9.17, 15) is 14.4 Å². The van der Waals surface area contributed by atoms with E-state index in [1.807, 2.05) is 0 Å². The van der Waals surface area contributed by atoms with Crippen LogP contribution in [0.3, 0.4) is 0 Å². The van der Waals surface area contributed by atoms with Gasteiger partial charge in [0.05, 0.1) is 50.7 Å². The molecule has 0 aliphatic carbocycles. The molecule has 10 nitrogen and oxygen atoms in total. The minimum absolute atomic E-state index is 0.00328. The SMILES string of the molecule is Cn1c(=O)n(C2CCC(=O)NC2=O)c2ccc(C#CCOCCOCCOCCO)cc21. The molecule has 1 aromatic carbocycles. The molecule has 3 rings (SSSR count). The lowest BCUT2D eigenvalue weighted by atomic mass is 10.1. The van der Waals surface area contributed by atoms with Crippen molar-refractivity contribution < 1.29 is 28.9 Å². The highest BCUT2D eigenvalue weighted by Crippen LogP contribution is 2.23. The Labute approximate surface area is 185 Å². The average molecular weight is 445 g/mol. The summed E-state index contributed by atoms with van der Waals surface area (Å²) in [6, 6.07) is 4.63. The number of fused-ring (bicyclic) bond motifs is 1. The highest BCUT2D eigenvalue weighted by molar-refractivity contribution is 6.00. The number of amides is 2. The molecule has 1 atom stereocenters. The molecule has 1 aromatic heterocycles. The third-order valence-electron chi connectivity index (χ3n) is 5.00. The van der Waals surface area contributed by atoms with Gasteiger partial charge in [0.25, 0.3) is 0 Å². The zero-order valence-electron chi connectivity index (χ0n) is 18.0. The molecular formula is C22H27N3O7. The standard InChI is InChI=1S/C22H27N3O7/c1-24-19-15-16(3-2-9-30-11-13-32-14-12-31-10-8-26)4-5-17(19)25(22(24)29)18-6-7-20(27)23-21(18)28/h4-5,15,18,26H,6-14H2,1H3,(H,23,27,28). The van der Waals surface area contributed by atoms with Gasteiger partial charge >= 0.3 is 5.69 Å². The van der Waals surface area contributed by atoms with Gasteiger partial charge in [0.1, 0.15) is 12.6 Å². The van der Waals surface area contributed by atoms with Crippen molar-refractivity contribution in [3.8, 4) is 11.8 Å². The van der Waals surface area contributed by atoms with Crippen LogP contribution in [0.4, 0.5) is 0 Å². The lowest BCUT2D eigenvalue weighted by Gasteiger charge is -2.21. The molecule has 0 spiro atoms. The maximum Gasteiger partial charge on any atom is 0.329 e. The molecule has 10 heteroatoms. The van der Waals surface area contributed by atoms with Gasteiger partial charge in [0.15, 0.2) is 0 Å². The average Bonchev–Trinajstić information content (AvgIpc) is 3.02. The molecule has 2 aromatic rings. The van der Waals surface area contributed by atoms with Gasteiger partial charge in [0.2, 0.25) is 11.8 Å². The van der Waals surface area contributed by atoms with Crippen LogP contribution in [0.25, 0.3) is 11.0 Å². The van der Waals surface area contributed by atoms with Crippen LogP contribution in [0.1, 0.15) is 24.4 Å². The third kappa shape index (κ3) is 5.83. The number of benzene rings is 1. The first-order valence-corrected chi connectivity index (χ1v) is 10.4. The fourth-order valence-corrected chi connectivity index (χ4v) is 3.44. The number of nitrogens with one attached hydrogen (secondary N) is 1. The Bertz CT molecular complexity index is 1080. The molecule has 0 saturated carbocycles. The minimum atomic E-state index is -0.710. The topological polar surface area (TPSA) is 121 Å². The molecule has 0 bridgehead atoms. The quantitative estimate of drug-likeness (QED) is 0.293. The summed E-state index contributed by atoms with van der Waals surface area (Å²) in [4.78, 5) is 36.4. The second-order valence-electron chi connectivity index (χ2n) is 7.18. The molecule has 172 valence electrons. The number of nitrogens with zero attached hydrogens (tertiary/aromatic N) is 2. The summed E-state index contributed by atoms with van der Waals surface area (Å²) >= 11 is 0. The van der Waals surface area contributed by atoms with Crippen molar-refractivity contribution in [1.29, 1.82) is 0 Å². The van der Waals surface area contributed by atoms with Crippen LogP contribution in [0.5, 0.6) is 0 Å². The zero-order chi connectivity index (χ0) is 22.9. The second-order valence-corrected chi connectivity index (χ2v) is 7.18. The van der Waals surface area contributed by atoms with Gasteiger partial charge in [-0.25, -0.2) is 4.79 Å². The van der Waals surface area contributed by atoms with E-state index in [0.29, 0.717) is 50.5 Å². The summed E-state index contributed by atoms with van der Waals surface area (Å²) in [5, 5.41) is 10.9. The molecule has 1 aliphatic rings. The van der Waals surface area contributed by atoms with Gasteiger partial charge in [0, 0.05) is 19.0 Å². The van der Waals surface area contributed by atoms with Crippen LogP contribution < -0.4 is 11.0 Å². The van der Waals surface area contributed by atoms with E-state index in [1.165, 1.54) is 9.13 Å². The number of carbonyl (C=O) groups is 2. The molecule has 2 amide bonds. The van der Waals surface area contributed by atoms with Gasteiger partial charge in [-0.2, -0.15) is 0 Å². The number of imide groups is 1. The predicted octanol–water partition coefficient (Wildman–Crippen LogP) is -0.289. The fourth-order valence-electron chi connectivity index (χ4n) is 3.44. The van der Waals surface area contributed by atoms with E-state index < -0.39 is 11.9 Å². The van der Waals surface area contributed by atoms with E-state index in [0.717, 1.165) is 5.56 Å². The van der Waals surface area contributed by atoms with E-state index in [2.05, 4.69) is 17.2 Å². The van der Waals surface area contributed by atoms with Crippen LogP contribution in [-0.4, -0.2) is 72.3 Å². The molecule has 32 heavy (non-hydrogen) atoms. The smallest absolute Gasteiger partial charge is 0.329 e. The molecule has 2 N–H and O–H groups in total. The Hall–Kier alpha value is -2.97. The minimum Gasteiger partial charge on any atom is -0.394 e. The Morgan fingerprint density at radius 1 is 1.06 bits per heavy atom. The summed E-state index contributed by atoms with van der Waals surface area (Å²) in [7, 11) is 1.64. The van der Waals surface area contributed by atoms with Crippen molar-refractivity contribution in [3.05, 3.63) is 34.2 Å². The van der Waals surface area contributed by atoms with Crippen molar-refractivity contribution in [1.82, 2.24) is 14.5 Å². The molecule has 1 saturated heterocycles. The summed E-state index contributed by atoms with van der Waals surface area (Å²) in [6.45, 7) is 2.22. The highest BCUT2D eigenvalue weighted by atomic mass is 16.5. The fraction of sp³-hybridized carbons (Fsp3) is 0.500. The van der Waals surface area contributed by atoms with E-state index in [4.69, 9.17) is 19.3 Å². The van der Waals surface area contributed by atoms with Gasteiger partial charge in [-0.05, 0) is 24.6 Å². The molecule has 1 fully saturated rings. The van der Waals surface area contributed by atoms with Gasteiger partial charge in [-0.3, -0.25) is 24.0 Å². The third-order valence-corrected chi connectivity index (χ3v) is 5.00. The normalized spacial score (nSPS) is 16.1. The van der Waals surface area contributed by atoms with Crippen LogP contribution in [0, 0.1) is 11.8 Å². The van der Waals surface area contributed by atoms with Crippen molar-refractivity contribution >= 4 is 22.8 Å². The van der Waals surface area contributed by atoms with Crippen molar-refractivity contribution in [2.75, 3.05) is 46.2 Å². The second kappa shape index (κ2) is 11.6. The number of aromatic nitrogens is 2. The van der Waals surface area contributed by atoms with Crippen LogP contribution >= 0.6 is 0 Å². The Morgan fingerprint density at radius 3 is 2.50 bits per heavy atom. The number of aryl methyl sites for hydroxylation is 1. The van der Waals surface area contributed by atoms with Gasteiger partial charge in [-0.15, -0.1) is 0 Å². The molecule has 2 heterocycles. The van der Waals surface area contributed by atoms with Gasteiger partial charge in [-0.1, -0.05) is 11.8 Å². The monoisotopic (exact) mass is 445 g/mol. The number of imidazole rings is 1. The molecular weight excluding hydrogens is 418 g/mol.